The molecule has 1 nitrogen and oxygen atoms in total. The van der Waals surface area contributed by atoms with Crippen LogP contribution in [0.1, 0.15) is 16.7 Å². The van der Waals surface area contributed by atoms with Crippen LogP contribution >= 0.6 is 11.6 Å². The van der Waals surface area contributed by atoms with E-state index in [0.29, 0.717) is 5.99 Å². The Morgan fingerprint density at radius 3 is 2.58 bits per heavy atom. The lowest BCUT2D eigenvalue weighted by atomic mass is 9.72. The van der Waals surface area contributed by atoms with E-state index in [9.17, 15) is 5.26 Å². The molecule has 2 aromatic carbocycles. The number of aryl methyl sites for hydroxylation is 1. The molecule has 0 aliphatic rings. The molecule has 0 atom stereocenters. The molecule has 0 spiro atoms. The summed E-state index contributed by atoms with van der Waals surface area (Å²) in [5.74, 6) is 0.456. The fourth-order valence-electron chi connectivity index (χ4n) is 2.04. The molecule has 94 valence electrons. The maximum Gasteiger partial charge on any atom is 0.217 e. The Hall–Kier alpha value is -1.66. The summed E-state index contributed by atoms with van der Waals surface area (Å²) in [5.41, 5.74) is 3.26. The molecule has 2 aromatic rings. The van der Waals surface area contributed by atoms with Crippen LogP contribution in [0.5, 0.6) is 0 Å². The zero-order valence-electron chi connectivity index (χ0n) is 11.3. The molecule has 0 fully saturated rings. The van der Waals surface area contributed by atoms with E-state index >= 15 is 0 Å². The summed E-state index contributed by atoms with van der Waals surface area (Å²) in [6.07, 6.45) is 1.02. The van der Waals surface area contributed by atoms with E-state index in [-0.39, 0.29) is 0 Å². The van der Waals surface area contributed by atoms with Crippen LogP contribution in [0.2, 0.25) is 6.82 Å². The number of hydrogen-bond donors (Lipinski definition) is 0. The van der Waals surface area contributed by atoms with Crippen LogP contribution in [0, 0.1) is 18.3 Å². The van der Waals surface area contributed by atoms with Gasteiger partial charge >= 0.3 is 0 Å². The third kappa shape index (κ3) is 3.91. The molecule has 19 heavy (non-hydrogen) atoms. The van der Waals surface area contributed by atoms with E-state index in [1.54, 1.807) is 11.6 Å². The van der Waals surface area contributed by atoms with E-state index in [0.717, 1.165) is 22.3 Å². The molecule has 0 amide bonds. The van der Waals surface area contributed by atoms with Crippen molar-refractivity contribution in [2.24, 2.45) is 0 Å². The van der Waals surface area contributed by atoms with E-state index < -0.39 is 0 Å². The Labute approximate surface area is 119 Å². The Morgan fingerprint density at radius 2 is 1.89 bits per heavy atom. The van der Waals surface area contributed by atoms with Gasteiger partial charge in [-0.3, -0.25) is 0 Å². The summed E-state index contributed by atoms with van der Waals surface area (Å²) >= 11 is 1.78. The minimum atomic E-state index is 0.456. The summed E-state index contributed by atoms with van der Waals surface area (Å²) in [7, 11) is 0. The van der Waals surface area contributed by atoms with Crippen LogP contribution in [0.15, 0.2) is 53.4 Å². The number of nitriles is 1. The van der Waals surface area contributed by atoms with E-state index in [2.05, 4.69) is 49.3 Å². The Kier molecular flexibility index (Phi) is 4.71. The lowest BCUT2D eigenvalue weighted by molar-refractivity contribution is 1.32. The number of rotatable bonds is 4. The molecule has 0 aromatic heterocycles. The second kappa shape index (κ2) is 6.49. The SMILES string of the molecule is CB(Cc1ccccc1)Sc1ccc(C)cc1C#N. The van der Waals surface area contributed by atoms with Crippen molar-refractivity contribution >= 4 is 17.6 Å². The Balaban J connectivity index is 2.07. The van der Waals surface area contributed by atoms with Crippen LogP contribution in [-0.4, -0.2) is 5.99 Å². The van der Waals surface area contributed by atoms with Gasteiger partial charge in [0.1, 0.15) is 6.07 Å². The molecule has 0 aliphatic carbocycles. The van der Waals surface area contributed by atoms with Gasteiger partial charge in [0.2, 0.25) is 5.99 Å². The molecule has 0 saturated heterocycles. The largest absolute Gasteiger partial charge is 0.217 e. The van der Waals surface area contributed by atoms with Gasteiger partial charge in [-0.25, -0.2) is 0 Å². The van der Waals surface area contributed by atoms with Crippen LogP contribution in [0.3, 0.4) is 0 Å². The molecule has 0 bridgehead atoms. The predicted molar refractivity (Wildman–Crippen MR) is 83.5 cm³/mol. The zero-order chi connectivity index (χ0) is 13.7. The average molecular weight is 265 g/mol. The molecule has 3 heteroatoms. The first-order valence-electron chi connectivity index (χ1n) is 6.40. The van der Waals surface area contributed by atoms with Gasteiger partial charge in [0.25, 0.3) is 0 Å². The second-order valence-corrected chi connectivity index (χ2v) is 6.21. The van der Waals surface area contributed by atoms with Gasteiger partial charge in [-0.1, -0.05) is 48.8 Å². The molecule has 0 unspecified atom stereocenters. The van der Waals surface area contributed by atoms with Gasteiger partial charge < -0.3 is 0 Å². The van der Waals surface area contributed by atoms with Crippen molar-refractivity contribution in [3.05, 3.63) is 65.2 Å². The summed E-state index contributed by atoms with van der Waals surface area (Å²) in [6.45, 7) is 4.22. The molecule has 0 heterocycles. The number of nitrogens with zero attached hydrogens (tertiary/aromatic N) is 1. The first-order valence-corrected chi connectivity index (χ1v) is 7.28. The quantitative estimate of drug-likeness (QED) is 0.767. The zero-order valence-corrected chi connectivity index (χ0v) is 12.1. The van der Waals surface area contributed by atoms with Gasteiger partial charge in [0, 0.05) is 4.90 Å². The van der Waals surface area contributed by atoms with Crippen molar-refractivity contribution in [3.63, 3.8) is 0 Å². The highest BCUT2D eigenvalue weighted by molar-refractivity contribution is 8.25. The van der Waals surface area contributed by atoms with Gasteiger partial charge in [-0.15, -0.1) is 0 Å². The van der Waals surface area contributed by atoms with Gasteiger partial charge in [0.05, 0.1) is 5.56 Å². The monoisotopic (exact) mass is 265 g/mol. The minimum Gasteiger partial charge on any atom is -0.192 e. The first-order chi connectivity index (χ1) is 9.19. The van der Waals surface area contributed by atoms with Crippen LogP contribution in [0.25, 0.3) is 0 Å². The smallest absolute Gasteiger partial charge is 0.192 e. The van der Waals surface area contributed by atoms with E-state index in [4.69, 9.17) is 0 Å². The van der Waals surface area contributed by atoms with Crippen LogP contribution in [-0.2, 0) is 6.32 Å². The van der Waals surface area contributed by atoms with E-state index in [1.807, 2.05) is 19.1 Å². The molecular formula is C16H16BNS. The van der Waals surface area contributed by atoms with Crippen molar-refractivity contribution in [2.75, 3.05) is 0 Å². The summed E-state index contributed by atoms with van der Waals surface area (Å²) < 4.78 is 0. The van der Waals surface area contributed by atoms with Crippen molar-refractivity contribution < 1.29 is 0 Å². The minimum absolute atomic E-state index is 0.456. The lowest BCUT2D eigenvalue weighted by Crippen LogP contribution is -2.07. The van der Waals surface area contributed by atoms with Crippen LogP contribution < -0.4 is 0 Å². The number of benzene rings is 2. The maximum absolute atomic E-state index is 9.18. The van der Waals surface area contributed by atoms with Crippen molar-refractivity contribution in [1.82, 2.24) is 0 Å². The third-order valence-electron chi connectivity index (χ3n) is 2.95. The topological polar surface area (TPSA) is 23.8 Å². The summed E-state index contributed by atoms with van der Waals surface area (Å²) in [5, 5.41) is 9.18. The van der Waals surface area contributed by atoms with Gasteiger partial charge in [-0.2, -0.15) is 16.9 Å². The van der Waals surface area contributed by atoms with Crippen molar-refractivity contribution in [3.8, 4) is 6.07 Å². The van der Waals surface area contributed by atoms with Crippen molar-refractivity contribution in [2.45, 2.75) is 25.0 Å². The normalized spacial score (nSPS) is 9.95. The fourth-order valence-corrected chi connectivity index (χ4v) is 3.13. The highest BCUT2D eigenvalue weighted by Crippen LogP contribution is 2.27. The van der Waals surface area contributed by atoms with E-state index in [1.165, 1.54) is 5.56 Å². The molecule has 2 rings (SSSR count). The fraction of sp³-hybridized carbons (Fsp3) is 0.188. The molecular weight excluding hydrogens is 249 g/mol. The maximum atomic E-state index is 9.18. The summed E-state index contributed by atoms with van der Waals surface area (Å²) in [4.78, 5) is 1.08. The highest BCUT2D eigenvalue weighted by atomic mass is 32.2. The molecule has 0 radical (unpaired) electrons. The Morgan fingerprint density at radius 1 is 1.16 bits per heavy atom. The second-order valence-electron chi connectivity index (χ2n) is 4.73. The first kappa shape index (κ1) is 13.8. The average Bonchev–Trinajstić information content (AvgIpc) is 2.42. The predicted octanol–water partition coefficient (Wildman–Crippen LogP) is 4.36. The van der Waals surface area contributed by atoms with Gasteiger partial charge in [-0.05, 0) is 30.9 Å². The third-order valence-corrected chi connectivity index (χ3v) is 4.13. The Bertz CT molecular complexity index is 589. The number of hydrogen-bond acceptors (Lipinski definition) is 2. The highest BCUT2D eigenvalue weighted by Gasteiger charge is 2.12. The molecule has 0 saturated carbocycles. The summed E-state index contributed by atoms with van der Waals surface area (Å²) in [6, 6.07) is 18.8. The van der Waals surface area contributed by atoms with Crippen molar-refractivity contribution in [1.29, 1.82) is 5.26 Å². The standard InChI is InChI=1S/C16H16BNS/c1-13-8-9-16(15(10-13)12-18)19-17(2)11-14-6-4-3-5-7-14/h3-10H,11H2,1-2H3. The molecule has 0 N–H and O–H groups in total. The van der Waals surface area contributed by atoms with Crippen LogP contribution in [0.4, 0.5) is 0 Å². The molecule has 0 aliphatic heterocycles. The van der Waals surface area contributed by atoms with Gasteiger partial charge in [0.15, 0.2) is 0 Å². The lowest BCUT2D eigenvalue weighted by Gasteiger charge is -2.10.